The first-order valence-electron chi connectivity index (χ1n) is 7.35. The van der Waals surface area contributed by atoms with E-state index in [1.54, 1.807) is 6.07 Å². The minimum absolute atomic E-state index is 0.120. The average Bonchev–Trinajstić information content (AvgIpc) is 2.95. The molecule has 3 rings (SSSR count). The van der Waals surface area contributed by atoms with E-state index in [1.807, 2.05) is 36.4 Å². The molecular weight excluding hydrogens is 294 g/mol. The van der Waals surface area contributed by atoms with E-state index >= 15 is 0 Å². The summed E-state index contributed by atoms with van der Waals surface area (Å²) in [6.07, 6.45) is 0. The smallest absolute Gasteiger partial charge is 0.251 e. The number of benzene rings is 2. The van der Waals surface area contributed by atoms with Crippen molar-refractivity contribution < 1.29 is 14.7 Å². The fourth-order valence-electron chi connectivity index (χ4n) is 2.51. The van der Waals surface area contributed by atoms with Gasteiger partial charge in [-0.2, -0.15) is 0 Å². The highest BCUT2D eigenvalue weighted by Crippen LogP contribution is 2.25. The van der Waals surface area contributed by atoms with Crippen LogP contribution in [0.2, 0.25) is 0 Å². The molecule has 6 nitrogen and oxygen atoms in total. The Kier molecular flexibility index (Phi) is 4.25. The van der Waals surface area contributed by atoms with Gasteiger partial charge in [-0.05, 0) is 24.3 Å². The van der Waals surface area contributed by atoms with Crippen LogP contribution in [0, 0.1) is 0 Å². The number of para-hydroxylation sites is 1. The molecule has 3 aromatic rings. The van der Waals surface area contributed by atoms with Crippen LogP contribution in [0.1, 0.15) is 10.4 Å². The molecule has 0 aliphatic heterocycles. The van der Waals surface area contributed by atoms with Gasteiger partial charge in [-0.25, -0.2) is 0 Å². The van der Waals surface area contributed by atoms with Crippen LogP contribution in [0.4, 0.5) is 0 Å². The number of hydrogen-bond acceptors (Lipinski definition) is 3. The second-order valence-electron chi connectivity index (χ2n) is 5.19. The van der Waals surface area contributed by atoms with Crippen molar-refractivity contribution in [2.24, 2.45) is 0 Å². The van der Waals surface area contributed by atoms with E-state index in [4.69, 9.17) is 5.11 Å². The number of aliphatic hydroxyl groups is 1. The third-order valence-electron chi connectivity index (χ3n) is 3.61. The fourth-order valence-corrected chi connectivity index (χ4v) is 2.51. The van der Waals surface area contributed by atoms with Gasteiger partial charge in [-0.3, -0.25) is 9.59 Å². The van der Waals surface area contributed by atoms with Crippen LogP contribution in [0.3, 0.4) is 0 Å². The Morgan fingerprint density at radius 1 is 1.00 bits per heavy atom. The minimum Gasteiger partial charge on any atom is -0.395 e. The highest BCUT2D eigenvalue weighted by Gasteiger charge is 2.10. The lowest BCUT2D eigenvalue weighted by atomic mass is 10.1. The van der Waals surface area contributed by atoms with Gasteiger partial charge in [0.1, 0.15) is 0 Å². The highest BCUT2D eigenvalue weighted by atomic mass is 16.3. The second-order valence-corrected chi connectivity index (χ2v) is 5.19. The van der Waals surface area contributed by atoms with Gasteiger partial charge in [-0.1, -0.05) is 18.2 Å². The van der Waals surface area contributed by atoms with Crippen molar-refractivity contribution >= 4 is 33.6 Å². The normalized spacial score (nSPS) is 10.8. The van der Waals surface area contributed by atoms with Crippen molar-refractivity contribution in [3.8, 4) is 0 Å². The zero-order valence-electron chi connectivity index (χ0n) is 12.4. The number of aliphatic hydroxyl groups excluding tert-OH is 1. The maximum atomic E-state index is 12.2. The number of H-pyrrole nitrogens is 1. The monoisotopic (exact) mass is 311 g/mol. The number of hydrogen-bond donors (Lipinski definition) is 4. The molecule has 0 fully saturated rings. The summed E-state index contributed by atoms with van der Waals surface area (Å²) in [4.78, 5) is 26.9. The molecule has 0 atom stereocenters. The Bertz CT molecular complexity index is 870. The lowest BCUT2D eigenvalue weighted by Gasteiger charge is -2.06. The maximum Gasteiger partial charge on any atom is 0.251 e. The summed E-state index contributed by atoms with van der Waals surface area (Å²) in [5.41, 5.74) is 2.48. The summed E-state index contributed by atoms with van der Waals surface area (Å²) in [6, 6.07) is 13.3. The molecule has 1 aromatic heterocycles. The van der Waals surface area contributed by atoms with E-state index < -0.39 is 0 Å². The lowest BCUT2D eigenvalue weighted by molar-refractivity contribution is -0.120. The molecular formula is C17H17N3O3. The minimum atomic E-state index is -0.333. The molecule has 0 saturated heterocycles. The van der Waals surface area contributed by atoms with Crippen molar-refractivity contribution in [3.63, 3.8) is 0 Å². The maximum absolute atomic E-state index is 12.2. The quantitative estimate of drug-likeness (QED) is 0.569. The van der Waals surface area contributed by atoms with Crippen molar-refractivity contribution in [1.29, 1.82) is 0 Å². The molecule has 4 N–H and O–H groups in total. The molecule has 0 bridgehead atoms. The van der Waals surface area contributed by atoms with Crippen LogP contribution < -0.4 is 10.6 Å². The Balaban J connectivity index is 1.78. The standard InChI is InChI=1S/C17H17N3O3/c21-8-7-18-16(22)10-19-17(23)11-5-6-15-13(9-11)12-3-1-2-4-14(12)20-15/h1-6,9,20-21H,7-8,10H2,(H,18,22)(H,19,23). The van der Waals surface area contributed by atoms with Gasteiger partial charge in [0.15, 0.2) is 0 Å². The number of rotatable bonds is 5. The SMILES string of the molecule is O=C(CNC(=O)c1ccc2[nH]c3ccccc3c2c1)NCCO. The predicted octanol–water partition coefficient (Wildman–Crippen LogP) is 1.16. The molecule has 0 spiro atoms. The van der Waals surface area contributed by atoms with E-state index in [1.165, 1.54) is 0 Å². The van der Waals surface area contributed by atoms with Gasteiger partial charge in [0.2, 0.25) is 5.91 Å². The Morgan fingerprint density at radius 3 is 2.61 bits per heavy atom. The average molecular weight is 311 g/mol. The van der Waals surface area contributed by atoms with E-state index in [9.17, 15) is 9.59 Å². The highest BCUT2D eigenvalue weighted by molar-refractivity contribution is 6.10. The largest absolute Gasteiger partial charge is 0.395 e. The second kappa shape index (κ2) is 6.50. The third kappa shape index (κ3) is 3.17. The van der Waals surface area contributed by atoms with Gasteiger partial charge in [0.05, 0.1) is 13.2 Å². The zero-order chi connectivity index (χ0) is 16.2. The number of carbonyl (C=O) groups excluding carboxylic acids is 2. The summed E-state index contributed by atoms with van der Waals surface area (Å²) in [5, 5.41) is 15.7. The third-order valence-corrected chi connectivity index (χ3v) is 3.61. The van der Waals surface area contributed by atoms with Crippen LogP contribution in [0.15, 0.2) is 42.5 Å². The topological polar surface area (TPSA) is 94.2 Å². The Hall–Kier alpha value is -2.86. The van der Waals surface area contributed by atoms with Crippen molar-refractivity contribution in [3.05, 3.63) is 48.0 Å². The van der Waals surface area contributed by atoms with Gasteiger partial charge in [-0.15, -0.1) is 0 Å². The number of aromatic nitrogens is 1. The van der Waals surface area contributed by atoms with E-state index in [-0.39, 0.29) is 31.5 Å². The van der Waals surface area contributed by atoms with E-state index in [2.05, 4.69) is 15.6 Å². The molecule has 1 heterocycles. The fraction of sp³-hybridized carbons (Fsp3) is 0.176. The number of aromatic amines is 1. The Labute approximate surface area is 132 Å². The van der Waals surface area contributed by atoms with Crippen LogP contribution >= 0.6 is 0 Å². The predicted molar refractivity (Wildman–Crippen MR) is 88.2 cm³/mol. The number of carbonyl (C=O) groups is 2. The lowest BCUT2D eigenvalue weighted by Crippen LogP contribution is -2.37. The summed E-state index contributed by atoms with van der Waals surface area (Å²) >= 11 is 0. The summed E-state index contributed by atoms with van der Waals surface area (Å²) in [6.45, 7) is -0.0718. The first-order valence-corrected chi connectivity index (χ1v) is 7.35. The number of fused-ring (bicyclic) bond motifs is 3. The van der Waals surface area contributed by atoms with E-state index in [0.29, 0.717) is 5.56 Å². The summed E-state index contributed by atoms with van der Waals surface area (Å²) in [7, 11) is 0. The first-order chi connectivity index (χ1) is 11.2. The molecule has 6 heteroatoms. The van der Waals surface area contributed by atoms with Crippen LogP contribution in [0.5, 0.6) is 0 Å². The molecule has 118 valence electrons. The van der Waals surface area contributed by atoms with Crippen molar-refractivity contribution in [1.82, 2.24) is 15.6 Å². The van der Waals surface area contributed by atoms with Crippen molar-refractivity contribution in [2.75, 3.05) is 19.7 Å². The number of amides is 2. The van der Waals surface area contributed by atoms with E-state index in [0.717, 1.165) is 21.8 Å². The molecule has 0 aliphatic rings. The molecule has 23 heavy (non-hydrogen) atoms. The molecule has 0 saturated carbocycles. The zero-order valence-corrected chi connectivity index (χ0v) is 12.4. The van der Waals surface area contributed by atoms with Crippen LogP contribution in [0.25, 0.3) is 21.8 Å². The van der Waals surface area contributed by atoms with Gasteiger partial charge >= 0.3 is 0 Å². The number of nitrogens with one attached hydrogen (secondary N) is 3. The molecule has 0 aliphatic carbocycles. The molecule has 2 amide bonds. The van der Waals surface area contributed by atoms with Crippen LogP contribution in [-0.2, 0) is 4.79 Å². The summed E-state index contributed by atoms with van der Waals surface area (Å²) in [5.74, 6) is -0.642. The molecule has 0 radical (unpaired) electrons. The van der Waals surface area contributed by atoms with Gasteiger partial charge in [0, 0.05) is 33.9 Å². The van der Waals surface area contributed by atoms with Crippen LogP contribution in [-0.4, -0.2) is 41.6 Å². The molecule has 0 unspecified atom stereocenters. The van der Waals surface area contributed by atoms with Gasteiger partial charge in [0.25, 0.3) is 5.91 Å². The van der Waals surface area contributed by atoms with Crippen molar-refractivity contribution in [2.45, 2.75) is 0 Å². The first kappa shape index (κ1) is 15.1. The Morgan fingerprint density at radius 2 is 1.78 bits per heavy atom. The summed E-state index contributed by atoms with van der Waals surface area (Å²) < 4.78 is 0. The molecule has 2 aromatic carbocycles. The van der Waals surface area contributed by atoms with Gasteiger partial charge < -0.3 is 20.7 Å².